The summed E-state index contributed by atoms with van der Waals surface area (Å²) >= 11 is 0. The Morgan fingerprint density at radius 1 is 1.08 bits per heavy atom. The van der Waals surface area contributed by atoms with E-state index in [1.807, 2.05) is 12.1 Å². The van der Waals surface area contributed by atoms with Crippen LogP contribution in [0.3, 0.4) is 0 Å². The topological polar surface area (TPSA) is 39.1 Å². The van der Waals surface area contributed by atoms with Crippen LogP contribution < -0.4 is 10.1 Å². The van der Waals surface area contributed by atoms with Gasteiger partial charge in [0.2, 0.25) is 0 Å². The lowest BCUT2D eigenvalue weighted by atomic mass is 10.0. The molecule has 0 amide bonds. The van der Waals surface area contributed by atoms with E-state index in [0.717, 1.165) is 41.5 Å². The molecule has 2 heterocycles. The minimum atomic E-state index is 0.859. The molecule has 0 unspecified atom stereocenters. The molecule has 4 rings (SSSR count). The number of aryl methyl sites for hydroxylation is 1. The van der Waals surface area contributed by atoms with Gasteiger partial charge in [0.25, 0.3) is 0 Å². The Morgan fingerprint density at radius 2 is 1.96 bits per heavy atom. The average molecular weight is 333 g/mol. The summed E-state index contributed by atoms with van der Waals surface area (Å²) in [7, 11) is 1.70. The number of nitrogens with one attached hydrogen (secondary N) is 1. The van der Waals surface area contributed by atoms with Gasteiger partial charge in [-0.3, -0.25) is 0 Å². The fourth-order valence-corrected chi connectivity index (χ4v) is 3.45. The van der Waals surface area contributed by atoms with Gasteiger partial charge in [-0.05, 0) is 56.0 Å². The van der Waals surface area contributed by atoms with E-state index in [2.05, 4.69) is 53.3 Å². The summed E-state index contributed by atoms with van der Waals surface area (Å²) in [6, 6.07) is 16.7. The van der Waals surface area contributed by atoms with Crippen LogP contribution in [-0.2, 0) is 6.42 Å². The van der Waals surface area contributed by atoms with Crippen LogP contribution in [0.15, 0.2) is 48.5 Å². The molecule has 3 aromatic rings. The van der Waals surface area contributed by atoms with Gasteiger partial charge in [0, 0.05) is 17.7 Å². The van der Waals surface area contributed by atoms with Crippen molar-refractivity contribution in [1.82, 2.24) is 9.78 Å². The summed E-state index contributed by atoms with van der Waals surface area (Å²) in [5.74, 6) is 1.99. The fraction of sp³-hybridized carbons (Fsp3) is 0.286. The average Bonchev–Trinajstić information content (AvgIpc) is 2.83. The molecular formula is C21H23N3O. The van der Waals surface area contributed by atoms with E-state index in [1.54, 1.807) is 7.11 Å². The Balaban J connectivity index is 1.90. The number of anilines is 1. The Bertz CT molecular complexity index is 898. The summed E-state index contributed by atoms with van der Waals surface area (Å²) < 4.78 is 7.46. The van der Waals surface area contributed by atoms with Gasteiger partial charge in [-0.2, -0.15) is 5.10 Å². The molecule has 1 aromatic heterocycles. The van der Waals surface area contributed by atoms with Crippen molar-refractivity contribution in [2.45, 2.75) is 26.2 Å². The Kier molecular flexibility index (Phi) is 4.18. The molecule has 128 valence electrons. The molecule has 0 atom stereocenters. The molecule has 1 N–H and O–H groups in total. The molecule has 0 fully saturated rings. The maximum Gasteiger partial charge on any atom is 0.133 e. The van der Waals surface area contributed by atoms with Crippen LogP contribution in [-0.4, -0.2) is 23.4 Å². The number of aromatic nitrogens is 2. The molecule has 0 spiro atoms. The Labute approximate surface area is 148 Å². The second kappa shape index (κ2) is 6.63. The summed E-state index contributed by atoms with van der Waals surface area (Å²) in [5.41, 5.74) is 5.78. The van der Waals surface area contributed by atoms with E-state index < -0.39 is 0 Å². The van der Waals surface area contributed by atoms with Crippen molar-refractivity contribution in [3.05, 3.63) is 59.7 Å². The van der Waals surface area contributed by atoms with E-state index in [1.165, 1.54) is 24.0 Å². The van der Waals surface area contributed by atoms with Gasteiger partial charge in [0.1, 0.15) is 11.6 Å². The first-order valence-corrected chi connectivity index (χ1v) is 8.83. The lowest BCUT2D eigenvalue weighted by molar-refractivity contribution is 0.415. The third-order valence-corrected chi connectivity index (χ3v) is 4.72. The van der Waals surface area contributed by atoms with E-state index >= 15 is 0 Å². The fourth-order valence-electron chi connectivity index (χ4n) is 3.45. The normalized spacial score (nSPS) is 13.7. The minimum absolute atomic E-state index is 0.859. The molecule has 0 saturated heterocycles. The zero-order valence-corrected chi connectivity index (χ0v) is 14.7. The highest BCUT2D eigenvalue weighted by atomic mass is 16.5. The Hall–Kier alpha value is -2.75. The Morgan fingerprint density at radius 3 is 2.80 bits per heavy atom. The molecule has 0 radical (unpaired) electrons. The van der Waals surface area contributed by atoms with Gasteiger partial charge in [-0.15, -0.1) is 0 Å². The summed E-state index contributed by atoms with van der Waals surface area (Å²) in [5, 5.41) is 8.59. The largest absolute Gasteiger partial charge is 0.497 e. The number of ether oxygens (including phenoxy) is 1. The van der Waals surface area contributed by atoms with Crippen LogP contribution in [0.4, 0.5) is 5.82 Å². The quantitative estimate of drug-likeness (QED) is 0.761. The molecule has 1 aliphatic heterocycles. The number of rotatable bonds is 3. The molecule has 0 saturated carbocycles. The molecule has 4 heteroatoms. The third kappa shape index (κ3) is 3.00. The van der Waals surface area contributed by atoms with Gasteiger partial charge in [0.15, 0.2) is 0 Å². The van der Waals surface area contributed by atoms with E-state index in [-0.39, 0.29) is 0 Å². The van der Waals surface area contributed by atoms with E-state index in [4.69, 9.17) is 9.84 Å². The molecule has 4 nitrogen and oxygen atoms in total. The maximum absolute atomic E-state index is 5.40. The van der Waals surface area contributed by atoms with Gasteiger partial charge in [0.05, 0.1) is 18.5 Å². The van der Waals surface area contributed by atoms with Crippen molar-refractivity contribution in [2.24, 2.45) is 0 Å². The van der Waals surface area contributed by atoms with E-state index in [0.29, 0.717) is 0 Å². The number of hydrogen-bond acceptors (Lipinski definition) is 3. The van der Waals surface area contributed by atoms with Crippen LogP contribution >= 0.6 is 0 Å². The SMILES string of the molecule is COc1cccc(-c2nn(-c3cccc(C)c3)c3c2CCCCN3)c1. The predicted octanol–water partition coefficient (Wildman–Crippen LogP) is 4.60. The smallest absolute Gasteiger partial charge is 0.133 e. The zero-order chi connectivity index (χ0) is 17.2. The summed E-state index contributed by atoms with van der Waals surface area (Å²) in [6.45, 7) is 3.10. The van der Waals surface area contributed by atoms with Crippen molar-refractivity contribution in [1.29, 1.82) is 0 Å². The first-order valence-electron chi connectivity index (χ1n) is 8.83. The van der Waals surface area contributed by atoms with Crippen LogP contribution in [0.1, 0.15) is 24.0 Å². The summed E-state index contributed by atoms with van der Waals surface area (Å²) in [4.78, 5) is 0. The molecule has 25 heavy (non-hydrogen) atoms. The molecule has 0 bridgehead atoms. The maximum atomic E-state index is 5.40. The van der Waals surface area contributed by atoms with Crippen molar-refractivity contribution < 1.29 is 4.74 Å². The molecule has 2 aromatic carbocycles. The second-order valence-electron chi connectivity index (χ2n) is 6.54. The van der Waals surface area contributed by atoms with Crippen molar-refractivity contribution in [2.75, 3.05) is 19.0 Å². The van der Waals surface area contributed by atoms with Crippen LogP contribution in [0.2, 0.25) is 0 Å². The minimum Gasteiger partial charge on any atom is -0.497 e. The monoisotopic (exact) mass is 333 g/mol. The number of fused-ring (bicyclic) bond motifs is 1. The first-order chi connectivity index (χ1) is 12.3. The van der Waals surface area contributed by atoms with Crippen LogP contribution in [0, 0.1) is 6.92 Å². The van der Waals surface area contributed by atoms with Gasteiger partial charge < -0.3 is 10.1 Å². The van der Waals surface area contributed by atoms with Crippen LogP contribution in [0.5, 0.6) is 5.75 Å². The third-order valence-electron chi connectivity index (χ3n) is 4.72. The highest BCUT2D eigenvalue weighted by Crippen LogP contribution is 2.35. The standard InChI is InChI=1S/C21H23N3O/c1-15-7-5-9-17(13-15)24-21-19(11-3-4-12-22-21)20(23-24)16-8-6-10-18(14-16)25-2/h5-10,13-14,22H,3-4,11-12H2,1-2H3. The summed E-state index contributed by atoms with van der Waals surface area (Å²) in [6.07, 6.45) is 3.40. The number of methoxy groups -OCH3 is 1. The second-order valence-corrected chi connectivity index (χ2v) is 6.54. The predicted molar refractivity (Wildman–Crippen MR) is 102 cm³/mol. The van der Waals surface area contributed by atoms with Gasteiger partial charge >= 0.3 is 0 Å². The lowest BCUT2D eigenvalue weighted by Crippen LogP contribution is -2.07. The van der Waals surface area contributed by atoms with Crippen molar-refractivity contribution in [3.8, 4) is 22.7 Å². The van der Waals surface area contributed by atoms with Crippen LogP contribution in [0.25, 0.3) is 16.9 Å². The zero-order valence-electron chi connectivity index (χ0n) is 14.7. The molecular weight excluding hydrogens is 310 g/mol. The first kappa shape index (κ1) is 15.8. The van der Waals surface area contributed by atoms with Gasteiger partial charge in [-0.1, -0.05) is 24.3 Å². The van der Waals surface area contributed by atoms with E-state index in [9.17, 15) is 0 Å². The van der Waals surface area contributed by atoms with Gasteiger partial charge in [-0.25, -0.2) is 4.68 Å². The highest BCUT2D eigenvalue weighted by molar-refractivity contribution is 5.72. The number of benzene rings is 2. The van der Waals surface area contributed by atoms with Crippen molar-refractivity contribution >= 4 is 5.82 Å². The molecule has 1 aliphatic rings. The number of nitrogens with zero attached hydrogens (tertiary/aromatic N) is 2. The molecule has 0 aliphatic carbocycles. The number of hydrogen-bond donors (Lipinski definition) is 1. The highest BCUT2D eigenvalue weighted by Gasteiger charge is 2.21. The lowest BCUT2D eigenvalue weighted by Gasteiger charge is -2.09. The van der Waals surface area contributed by atoms with Crippen molar-refractivity contribution in [3.63, 3.8) is 0 Å².